The molecule has 4 aliphatic rings. The molecule has 0 spiro atoms. The van der Waals surface area contributed by atoms with Gasteiger partial charge in [-0.05, 0) is 120 Å². The summed E-state index contributed by atoms with van der Waals surface area (Å²) in [5.74, 6) is -0.389. The molecule has 2 saturated heterocycles. The molecule has 2 aliphatic heterocycles. The van der Waals surface area contributed by atoms with E-state index in [4.69, 9.17) is 19.1 Å². The Bertz CT molecular complexity index is 874. The number of esters is 2. The fraction of sp³-hybridized carbons (Fsp3) is 0.944. The molecule has 0 N–H and O–H groups in total. The minimum absolute atomic E-state index is 0.119. The van der Waals surface area contributed by atoms with Crippen molar-refractivity contribution in [2.75, 3.05) is 0 Å². The van der Waals surface area contributed by atoms with Gasteiger partial charge in [0.25, 0.3) is 0 Å². The summed E-state index contributed by atoms with van der Waals surface area (Å²) in [5, 5.41) is 4.28. The Morgan fingerprint density at radius 3 is 1.23 bits per heavy atom. The summed E-state index contributed by atoms with van der Waals surface area (Å²) >= 11 is 0. The van der Waals surface area contributed by atoms with Gasteiger partial charge in [0.05, 0.1) is 23.3 Å². The van der Waals surface area contributed by atoms with Crippen LogP contribution in [0.5, 0.6) is 0 Å². The van der Waals surface area contributed by atoms with Gasteiger partial charge in [-0.2, -0.15) is 10.1 Å². The predicted molar refractivity (Wildman–Crippen MR) is 173 cm³/mol. The summed E-state index contributed by atoms with van der Waals surface area (Å²) in [7, 11) is 0. The smallest absolute Gasteiger partial charge is 0.306 e. The van der Waals surface area contributed by atoms with Crippen molar-refractivity contribution < 1.29 is 28.7 Å². The largest absolute Gasteiger partial charge is 0.460 e. The first-order valence-corrected chi connectivity index (χ1v) is 18.0. The molecule has 2 heterocycles. The van der Waals surface area contributed by atoms with E-state index in [0.717, 1.165) is 51.4 Å². The highest BCUT2D eigenvalue weighted by Crippen LogP contribution is 2.43. The highest BCUT2D eigenvalue weighted by atomic mass is 16.7. The van der Waals surface area contributed by atoms with Crippen molar-refractivity contribution >= 4 is 11.9 Å². The van der Waals surface area contributed by atoms with Gasteiger partial charge in [0, 0.05) is 23.9 Å². The number of hydrogen-bond acceptors (Lipinski definition) is 8. The Hall–Kier alpha value is -1.22. The SMILES string of the molecule is CC1(C)CCC(OC(=O)CCCCC(=O)OC2CCC(C)(C)N(OC3CCCCC3)C2(C)C)C(C)(C)N1OC1CCCCC1. The van der Waals surface area contributed by atoms with E-state index in [-0.39, 0.29) is 47.4 Å². The molecular formula is C36H64N2O6. The molecule has 4 fully saturated rings. The van der Waals surface area contributed by atoms with Crippen molar-refractivity contribution in [1.82, 2.24) is 10.1 Å². The Morgan fingerprint density at radius 2 is 0.886 bits per heavy atom. The van der Waals surface area contributed by atoms with E-state index in [1.165, 1.54) is 38.5 Å². The van der Waals surface area contributed by atoms with Gasteiger partial charge in [-0.25, -0.2) is 0 Å². The molecule has 2 unspecified atom stereocenters. The van der Waals surface area contributed by atoms with Crippen molar-refractivity contribution in [3.8, 4) is 0 Å². The number of unbranched alkanes of at least 4 members (excludes halogenated alkanes) is 1. The lowest BCUT2D eigenvalue weighted by Crippen LogP contribution is -2.65. The van der Waals surface area contributed by atoms with Gasteiger partial charge in [-0.15, -0.1) is 0 Å². The monoisotopic (exact) mass is 620 g/mol. The third-order valence-electron chi connectivity index (χ3n) is 10.9. The first kappa shape index (κ1) is 35.6. The Kier molecular flexibility index (Phi) is 11.9. The number of hydrogen-bond donors (Lipinski definition) is 0. The second-order valence-corrected chi connectivity index (χ2v) is 16.5. The van der Waals surface area contributed by atoms with Crippen LogP contribution in [0, 0.1) is 0 Å². The third-order valence-corrected chi connectivity index (χ3v) is 10.9. The van der Waals surface area contributed by atoms with E-state index >= 15 is 0 Å². The van der Waals surface area contributed by atoms with Gasteiger partial charge < -0.3 is 9.47 Å². The number of carbonyl (C=O) groups excluding carboxylic acids is 2. The zero-order valence-corrected chi connectivity index (χ0v) is 29.4. The molecule has 0 aromatic heterocycles. The first-order chi connectivity index (χ1) is 20.6. The number of piperidine rings is 2. The second kappa shape index (κ2) is 14.7. The highest BCUT2D eigenvalue weighted by molar-refractivity contribution is 5.71. The number of nitrogens with zero attached hydrogens (tertiary/aromatic N) is 2. The van der Waals surface area contributed by atoms with Crippen LogP contribution in [0.25, 0.3) is 0 Å². The molecule has 44 heavy (non-hydrogen) atoms. The molecule has 4 rings (SSSR count). The first-order valence-electron chi connectivity index (χ1n) is 18.0. The van der Waals surface area contributed by atoms with Crippen LogP contribution in [0.2, 0.25) is 0 Å². The van der Waals surface area contributed by atoms with Gasteiger partial charge >= 0.3 is 11.9 Å². The standard InChI is InChI=1S/C36H64N2O6/c1-33(2)25-23-29(35(5,6)37(33)43-27-17-11-9-12-18-27)41-31(39)21-15-16-22-32(40)42-30-24-26-34(3,4)38(36(30,7)8)44-28-19-13-10-14-20-28/h27-30H,9-26H2,1-8H3. The van der Waals surface area contributed by atoms with Crippen molar-refractivity contribution in [3.63, 3.8) is 0 Å². The summed E-state index contributed by atoms with van der Waals surface area (Å²) in [4.78, 5) is 39.1. The molecular weight excluding hydrogens is 556 g/mol. The van der Waals surface area contributed by atoms with E-state index in [1.807, 2.05) is 0 Å². The van der Waals surface area contributed by atoms with Crippen LogP contribution < -0.4 is 0 Å². The predicted octanol–water partition coefficient (Wildman–Crippen LogP) is 8.21. The maximum absolute atomic E-state index is 12.9. The molecule has 2 aliphatic carbocycles. The molecule has 8 nitrogen and oxygen atoms in total. The quantitative estimate of drug-likeness (QED) is 0.169. The molecule has 2 saturated carbocycles. The number of ether oxygens (including phenoxy) is 2. The van der Waals surface area contributed by atoms with Crippen LogP contribution in [0.4, 0.5) is 0 Å². The molecule has 2 atom stereocenters. The van der Waals surface area contributed by atoms with Gasteiger partial charge in [-0.1, -0.05) is 38.5 Å². The fourth-order valence-corrected chi connectivity index (χ4v) is 8.28. The zero-order valence-electron chi connectivity index (χ0n) is 29.4. The van der Waals surface area contributed by atoms with Gasteiger partial charge in [0.2, 0.25) is 0 Å². The van der Waals surface area contributed by atoms with Crippen LogP contribution in [0.1, 0.15) is 171 Å². The molecule has 0 aromatic carbocycles. The topological polar surface area (TPSA) is 77.5 Å². The number of carbonyl (C=O) groups is 2. The van der Waals surface area contributed by atoms with Crippen LogP contribution >= 0.6 is 0 Å². The summed E-state index contributed by atoms with van der Waals surface area (Å²) < 4.78 is 12.1. The Labute approximate surface area is 268 Å². The van der Waals surface area contributed by atoms with Crippen LogP contribution in [0.3, 0.4) is 0 Å². The van der Waals surface area contributed by atoms with Crippen molar-refractivity contribution in [3.05, 3.63) is 0 Å². The van der Waals surface area contributed by atoms with Crippen molar-refractivity contribution in [2.24, 2.45) is 0 Å². The number of rotatable bonds is 11. The Morgan fingerprint density at radius 1 is 0.545 bits per heavy atom. The van der Waals surface area contributed by atoms with E-state index < -0.39 is 11.1 Å². The van der Waals surface area contributed by atoms with E-state index in [2.05, 4.69) is 65.5 Å². The summed E-state index contributed by atoms with van der Waals surface area (Å²) in [6.45, 7) is 17.5. The van der Waals surface area contributed by atoms with E-state index in [1.54, 1.807) is 0 Å². The maximum Gasteiger partial charge on any atom is 0.306 e. The van der Waals surface area contributed by atoms with Gasteiger partial charge in [0.1, 0.15) is 12.2 Å². The molecule has 8 heteroatoms. The summed E-state index contributed by atoms with van der Waals surface area (Å²) in [6, 6.07) is 0. The average molecular weight is 621 g/mol. The third kappa shape index (κ3) is 8.77. The Balaban J connectivity index is 1.21. The van der Waals surface area contributed by atoms with E-state index in [9.17, 15) is 9.59 Å². The van der Waals surface area contributed by atoms with Crippen LogP contribution in [0.15, 0.2) is 0 Å². The van der Waals surface area contributed by atoms with Crippen molar-refractivity contribution in [2.45, 2.75) is 218 Å². The fourth-order valence-electron chi connectivity index (χ4n) is 8.28. The minimum Gasteiger partial charge on any atom is -0.460 e. The molecule has 0 aromatic rings. The van der Waals surface area contributed by atoms with Gasteiger partial charge in [0.15, 0.2) is 0 Å². The lowest BCUT2D eigenvalue weighted by atomic mass is 9.79. The van der Waals surface area contributed by atoms with Crippen LogP contribution in [-0.4, -0.2) is 68.6 Å². The molecule has 254 valence electrons. The lowest BCUT2D eigenvalue weighted by Gasteiger charge is -2.55. The normalized spacial score (nSPS) is 29.6. The molecule has 0 radical (unpaired) electrons. The summed E-state index contributed by atoms with van der Waals surface area (Å²) in [6.07, 6.45) is 17.1. The maximum atomic E-state index is 12.9. The summed E-state index contributed by atoms with van der Waals surface area (Å²) in [5.41, 5.74) is -1.08. The number of hydroxylamine groups is 4. The van der Waals surface area contributed by atoms with E-state index in [0.29, 0.717) is 25.7 Å². The molecule has 0 amide bonds. The second-order valence-electron chi connectivity index (χ2n) is 16.5. The zero-order chi connectivity index (χ0) is 32.2. The average Bonchev–Trinajstić information content (AvgIpc) is 2.96. The van der Waals surface area contributed by atoms with Gasteiger partial charge in [-0.3, -0.25) is 19.3 Å². The highest BCUT2D eigenvalue weighted by Gasteiger charge is 2.52. The van der Waals surface area contributed by atoms with Crippen molar-refractivity contribution in [1.29, 1.82) is 0 Å². The molecule has 0 bridgehead atoms. The minimum atomic E-state index is -0.422. The lowest BCUT2D eigenvalue weighted by molar-refractivity contribution is -0.327. The van der Waals surface area contributed by atoms with Crippen LogP contribution in [-0.2, 0) is 28.7 Å².